The minimum atomic E-state index is -7.11. The molecule has 4 N–H and O–H groups in total. The van der Waals surface area contributed by atoms with Gasteiger partial charge in [0.25, 0.3) is 0 Å². The van der Waals surface area contributed by atoms with Crippen molar-refractivity contribution >= 4 is 76.6 Å². The molecule has 87 heavy (non-hydrogen) atoms. The Morgan fingerprint density at radius 3 is 1.03 bits per heavy atom. The zero-order chi connectivity index (χ0) is 66.1. The van der Waals surface area contributed by atoms with E-state index in [0.717, 1.165) is 54.9 Å². The molecular formula is C53H70BiCl2F9O19S3. The quantitative estimate of drug-likeness (QED) is 0.00911. The predicted molar refractivity (Wildman–Crippen MR) is 303 cm³/mol. The van der Waals surface area contributed by atoms with E-state index in [2.05, 4.69) is 72.6 Å². The van der Waals surface area contributed by atoms with Gasteiger partial charge in [-0.3, -0.25) is 0 Å². The summed E-state index contributed by atoms with van der Waals surface area (Å²) in [6.07, 6.45) is 2.41. The average Bonchev–Trinajstić information content (AvgIpc) is 1.24. The summed E-state index contributed by atoms with van der Waals surface area (Å²) in [5.41, 5.74) is -15.1. The molecular weight excluding hydrogens is 1490 g/mol. The number of alkyl halides is 11. The molecule has 34 heteroatoms. The van der Waals surface area contributed by atoms with Crippen LogP contribution in [-0.2, 0) is 57.4 Å². The van der Waals surface area contributed by atoms with E-state index in [1.54, 1.807) is 0 Å². The number of hydrogen-bond donors (Lipinski definition) is 4. The first-order chi connectivity index (χ1) is 40.3. The molecule has 1 saturated heterocycles. The van der Waals surface area contributed by atoms with Gasteiger partial charge in [-0.2, -0.15) is 0 Å². The van der Waals surface area contributed by atoms with E-state index in [4.69, 9.17) is 56.7 Å². The van der Waals surface area contributed by atoms with Crippen molar-refractivity contribution in [2.24, 2.45) is 0 Å². The number of aliphatic hydroxyl groups excluding tert-OH is 4. The van der Waals surface area contributed by atoms with Gasteiger partial charge in [0.15, 0.2) is 0 Å². The third-order valence-corrected chi connectivity index (χ3v) is 26.1. The van der Waals surface area contributed by atoms with Gasteiger partial charge in [-0.25, -0.2) is 0 Å². The number of rotatable bonds is 31. The van der Waals surface area contributed by atoms with Gasteiger partial charge < -0.3 is 48.8 Å². The van der Waals surface area contributed by atoms with Gasteiger partial charge in [0.1, 0.15) is 73.8 Å². The Morgan fingerprint density at radius 1 is 0.506 bits per heavy atom. The van der Waals surface area contributed by atoms with Crippen LogP contribution in [-0.4, -0.2) is 174 Å². The van der Waals surface area contributed by atoms with Crippen molar-refractivity contribution in [2.45, 2.75) is 119 Å². The molecule has 0 aromatic heterocycles. The molecule has 0 aliphatic carbocycles. The van der Waals surface area contributed by atoms with E-state index in [-0.39, 0.29) is 55.1 Å². The molecule has 1 aliphatic heterocycles. The van der Waals surface area contributed by atoms with Crippen molar-refractivity contribution in [2.75, 3.05) is 64.6 Å². The Morgan fingerprint density at radius 2 is 0.793 bits per heavy atom. The van der Waals surface area contributed by atoms with E-state index in [0.29, 0.717) is 31.3 Å². The van der Waals surface area contributed by atoms with Gasteiger partial charge in [0.2, 0.25) is 0 Å². The molecule has 4 atom stereocenters. The zero-order valence-corrected chi connectivity index (χ0v) is 55.1. The fraction of sp³-hybridized carbons (Fsp3) is 0.547. The molecule has 4 unspecified atom stereocenters. The molecule has 1 aliphatic rings. The Hall–Kier alpha value is -3.60. The molecule has 0 radical (unpaired) electrons. The van der Waals surface area contributed by atoms with Gasteiger partial charge in [-0.1, -0.05) is 103 Å². The average molecular weight is 1560 g/mol. The fourth-order valence-electron chi connectivity index (χ4n) is 6.30. The second-order valence-electron chi connectivity index (χ2n) is 19.5. The molecule has 0 amide bonds. The van der Waals surface area contributed by atoms with Crippen LogP contribution in [0.1, 0.15) is 89.5 Å². The first-order valence-corrected chi connectivity index (χ1v) is 35.6. The maximum atomic E-state index is 12.0. The molecule has 4 aromatic rings. The monoisotopic (exact) mass is 1560 g/mol. The zero-order valence-electron chi connectivity index (χ0n) is 47.7. The van der Waals surface area contributed by atoms with Crippen molar-refractivity contribution in [3.05, 3.63) is 119 Å². The Kier molecular flexibility index (Phi) is 33.3. The molecule has 4 aromatic carbocycles. The SMILES string of the molecule is CC(C)(c1ccc(OCC(O)CCl)cc1)c1ccc(OCC2CO2)cc1.CCCCO.CCCCOCC(O)COc1ccc(C(C)(C)c2ccc(OCC(O)CCl)cc2)cc1.O=S(=O)([O][Bi]([O]S(=O)(=O)C(F)(F)F)[O]S(=O)(=O)C(F)(F)F)C(F)(F)F. The molecule has 0 spiro atoms. The standard InChI is InChI=1S/C25H35ClO5.C21H25ClO4.C4H10O.3CHF3O3S.Bi/c1-4-5-14-29-16-22(28)18-31-24-12-8-20(9-13-24)25(2,3)19-6-10-23(11-7-19)30-17-21(27)15-26;1-21(2,15-3-7-18(8-4-15)24-12-17(23)11-22)16-5-9-19(10-6-16)25-13-20-14-26-20;1-2-3-4-5;3*2-1(3,4)8(5,6)7;/h6-13,21-22,27-28H,4-5,14-18H2,1-3H3;3-10,17,20,23H,11-14H2,1-2H3;5H,2-4H2,1H3;3*(H,5,6,7);/q;;;;;;+3/p-3. The second-order valence-corrected chi connectivity index (χ2v) is 31.6. The van der Waals surface area contributed by atoms with Crippen LogP contribution in [0.15, 0.2) is 97.1 Å². The van der Waals surface area contributed by atoms with E-state index < -0.39 is 88.3 Å². The van der Waals surface area contributed by atoms with E-state index >= 15 is 0 Å². The van der Waals surface area contributed by atoms with Crippen LogP contribution in [0.25, 0.3) is 0 Å². The number of halogens is 11. The summed E-state index contributed by atoms with van der Waals surface area (Å²) < 4.78 is 212. The van der Waals surface area contributed by atoms with Crippen molar-refractivity contribution < 1.29 is 120 Å². The van der Waals surface area contributed by atoms with E-state index in [9.17, 15) is 80.1 Å². The molecule has 0 bridgehead atoms. The normalized spacial score (nSPS) is 15.1. The molecule has 5 rings (SSSR count). The topological polar surface area (TPSA) is 270 Å². The third-order valence-electron chi connectivity index (χ3n) is 11.6. The summed E-state index contributed by atoms with van der Waals surface area (Å²) in [6, 6.07) is 32.0. The van der Waals surface area contributed by atoms with Crippen LogP contribution in [0, 0.1) is 0 Å². The Labute approximate surface area is 519 Å². The molecule has 1 heterocycles. The van der Waals surface area contributed by atoms with Gasteiger partial charge in [-0.15, -0.1) is 23.2 Å². The first kappa shape index (κ1) is 79.5. The fourth-order valence-corrected chi connectivity index (χ4v) is 18.7. The van der Waals surface area contributed by atoms with E-state index in [1.807, 2.05) is 72.8 Å². The summed E-state index contributed by atoms with van der Waals surface area (Å²) in [5, 5.41) is 37.0. The molecule has 496 valence electrons. The summed E-state index contributed by atoms with van der Waals surface area (Å²) in [4.78, 5) is 0. The van der Waals surface area contributed by atoms with Crippen LogP contribution < -0.4 is 18.9 Å². The molecule has 0 saturated carbocycles. The van der Waals surface area contributed by atoms with Crippen molar-refractivity contribution in [1.82, 2.24) is 0 Å². The number of hydrogen-bond acceptors (Lipinski definition) is 19. The van der Waals surface area contributed by atoms with Crippen LogP contribution in [0.5, 0.6) is 23.0 Å². The van der Waals surface area contributed by atoms with Crippen molar-refractivity contribution in [3.8, 4) is 23.0 Å². The van der Waals surface area contributed by atoms with Gasteiger partial charge in [0.05, 0.1) is 25.0 Å². The Bertz CT molecular complexity index is 2840. The summed E-state index contributed by atoms with van der Waals surface area (Å²) in [7, 11) is -21.2. The number of aliphatic hydroxyl groups is 4. The van der Waals surface area contributed by atoms with Crippen molar-refractivity contribution in [1.29, 1.82) is 0 Å². The van der Waals surface area contributed by atoms with Gasteiger partial charge in [0, 0.05) is 24.0 Å². The number of benzene rings is 4. The first-order valence-electron chi connectivity index (χ1n) is 26.0. The summed E-state index contributed by atoms with van der Waals surface area (Å²) in [6.45, 7) is 16.1. The molecule has 1 fully saturated rings. The second kappa shape index (κ2) is 36.4. The van der Waals surface area contributed by atoms with Crippen LogP contribution >= 0.6 is 23.2 Å². The third kappa shape index (κ3) is 28.2. The number of unbranched alkanes of at least 4 members (excludes halogenated alkanes) is 2. The minimum absolute atomic E-state index is 0.147. The summed E-state index contributed by atoms with van der Waals surface area (Å²) >= 11 is 4.06. The van der Waals surface area contributed by atoms with Crippen molar-refractivity contribution in [3.63, 3.8) is 0 Å². The molecule has 19 nitrogen and oxygen atoms in total. The van der Waals surface area contributed by atoms with Crippen LogP contribution in [0.2, 0.25) is 0 Å². The predicted octanol–water partition coefficient (Wildman–Crippen LogP) is 9.66. The maximum absolute atomic E-state index is 12.0. The van der Waals surface area contributed by atoms with Gasteiger partial charge in [-0.05, 0) is 83.6 Å². The number of ether oxygens (including phenoxy) is 6. The Balaban J connectivity index is 0.000000430. The van der Waals surface area contributed by atoms with Gasteiger partial charge >= 0.3 is 141 Å². The van der Waals surface area contributed by atoms with Crippen LogP contribution in [0.4, 0.5) is 39.5 Å². The summed E-state index contributed by atoms with van der Waals surface area (Å²) in [5.74, 6) is 3.31. The van der Waals surface area contributed by atoms with E-state index in [1.165, 1.54) is 11.1 Å². The van der Waals surface area contributed by atoms with Crippen LogP contribution in [0.3, 0.4) is 0 Å². The number of epoxide rings is 1.